The summed E-state index contributed by atoms with van der Waals surface area (Å²) in [6.07, 6.45) is 2.53. The van der Waals surface area contributed by atoms with Crippen molar-refractivity contribution < 1.29 is 27.5 Å². The quantitative estimate of drug-likeness (QED) is 0.412. The Morgan fingerprint density at radius 1 is 1.25 bits per heavy atom. The van der Waals surface area contributed by atoms with Crippen molar-refractivity contribution in [2.24, 2.45) is 7.05 Å². The lowest BCUT2D eigenvalue weighted by Gasteiger charge is -2.08. The number of nitrogens with zero attached hydrogens (tertiary/aromatic N) is 3. The van der Waals surface area contributed by atoms with E-state index in [0.29, 0.717) is 22.1 Å². The minimum Gasteiger partial charge on any atom is -0.495 e. The predicted molar refractivity (Wildman–Crippen MR) is 116 cm³/mol. The summed E-state index contributed by atoms with van der Waals surface area (Å²) in [7, 11) is -0.761. The number of methoxy groups -OCH3 is 1. The Kier molecular flexibility index (Phi) is 7.56. The van der Waals surface area contributed by atoms with Crippen molar-refractivity contribution in [3.63, 3.8) is 0 Å². The Bertz CT molecular complexity index is 1200. The van der Waals surface area contributed by atoms with Crippen LogP contribution >= 0.6 is 11.3 Å². The SMILES string of the molecule is COc1ccccc1NC(=O)Cc1nc(COC(=O)CNS(=O)(=O)c2cnn(C)c2)cs1. The fourth-order valence-corrected chi connectivity index (χ4v) is 4.29. The Morgan fingerprint density at radius 3 is 2.75 bits per heavy atom. The van der Waals surface area contributed by atoms with Gasteiger partial charge in [-0.1, -0.05) is 12.1 Å². The van der Waals surface area contributed by atoms with E-state index >= 15 is 0 Å². The number of para-hydroxylation sites is 2. The Hall–Kier alpha value is -3.29. The summed E-state index contributed by atoms with van der Waals surface area (Å²) in [5, 5.41) is 8.75. The average Bonchev–Trinajstić information content (AvgIpc) is 3.40. The number of esters is 1. The minimum atomic E-state index is -3.86. The largest absolute Gasteiger partial charge is 0.495 e. The van der Waals surface area contributed by atoms with Crippen LogP contribution in [0.25, 0.3) is 0 Å². The van der Waals surface area contributed by atoms with Gasteiger partial charge < -0.3 is 14.8 Å². The molecule has 0 fully saturated rings. The fourth-order valence-electron chi connectivity index (χ4n) is 2.56. The molecule has 0 spiro atoms. The van der Waals surface area contributed by atoms with Crippen molar-refractivity contribution in [3.8, 4) is 5.75 Å². The molecular formula is C19H21N5O6S2. The standard InChI is InChI=1S/C19H21N5O6S2/c1-24-10-14(8-20-24)32(27,28)21-9-19(26)30-11-13-12-31-18(22-13)7-17(25)23-15-5-3-4-6-16(15)29-2/h3-6,8,10,12,21H,7,9,11H2,1-2H3,(H,23,25). The van der Waals surface area contributed by atoms with Gasteiger partial charge in [0.25, 0.3) is 0 Å². The molecule has 3 aromatic rings. The van der Waals surface area contributed by atoms with Crippen LogP contribution in [0, 0.1) is 0 Å². The summed E-state index contributed by atoms with van der Waals surface area (Å²) in [5.41, 5.74) is 1.01. The van der Waals surface area contributed by atoms with Crippen LogP contribution in [0.2, 0.25) is 0 Å². The van der Waals surface area contributed by atoms with Crippen LogP contribution in [0.5, 0.6) is 5.75 Å². The van der Waals surface area contributed by atoms with E-state index in [2.05, 4.69) is 20.1 Å². The monoisotopic (exact) mass is 479 g/mol. The first kappa shape index (κ1) is 23.4. The highest BCUT2D eigenvalue weighted by Crippen LogP contribution is 2.23. The molecule has 0 bridgehead atoms. The summed E-state index contributed by atoms with van der Waals surface area (Å²) in [6, 6.07) is 7.05. The molecule has 2 heterocycles. The van der Waals surface area contributed by atoms with Gasteiger partial charge in [0.2, 0.25) is 15.9 Å². The first-order valence-corrected chi connectivity index (χ1v) is 11.6. The summed E-state index contributed by atoms with van der Waals surface area (Å²) in [5.74, 6) is -0.482. The van der Waals surface area contributed by atoms with Crippen LogP contribution in [-0.4, -0.2) is 48.7 Å². The molecule has 2 N–H and O–H groups in total. The molecule has 2 aromatic heterocycles. The van der Waals surface area contributed by atoms with Crippen LogP contribution in [0.1, 0.15) is 10.7 Å². The zero-order chi connectivity index (χ0) is 23.1. The van der Waals surface area contributed by atoms with Gasteiger partial charge >= 0.3 is 5.97 Å². The number of hydrogen-bond acceptors (Lipinski definition) is 9. The lowest BCUT2D eigenvalue weighted by atomic mass is 10.3. The maximum atomic E-state index is 12.3. The molecule has 0 aliphatic rings. The number of nitrogens with one attached hydrogen (secondary N) is 2. The number of ether oxygens (including phenoxy) is 2. The van der Waals surface area contributed by atoms with Crippen LogP contribution in [0.3, 0.4) is 0 Å². The normalized spacial score (nSPS) is 11.2. The van der Waals surface area contributed by atoms with E-state index in [1.54, 1.807) is 36.7 Å². The third-order valence-electron chi connectivity index (χ3n) is 4.07. The van der Waals surface area contributed by atoms with E-state index in [0.717, 1.165) is 0 Å². The second-order valence-electron chi connectivity index (χ2n) is 6.49. The molecule has 0 saturated carbocycles. The number of anilines is 1. The van der Waals surface area contributed by atoms with E-state index in [1.807, 2.05) is 0 Å². The van der Waals surface area contributed by atoms with Gasteiger partial charge in [-0.15, -0.1) is 11.3 Å². The highest BCUT2D eigenvalue weighted by atomic mass is 32.2. The maximum Gasteiger partial charge on any atom is 0.321 e. The van der Waals surface area contributed by atoms with E-state index in [9.17, 15) is 18.0 Å². The van der Waals surface area contributed by atoms with E-state index in [-0.39, 0.29) is 23.8 Å². The lowest BCUT2D eigenvalue weighted by molar-refractivity contribution is -0.143. The highest BCUT2D eigenvalue weighted by molar-refractivity contribution is 7.89. The molecule has 3 rings (SSSR count). The lowest BCUT2D eigenvalue weighted by Crippen LogP contribution is -2.30. The van der Waals surface area contributed by atoms with Crippen molar-refractivity contribution in [3.05, 3.63) is 52.7 Å². The smallest absolute Gasteiger partial charge is 0.321 e. The highest BCUT2D eigenvalue weighted by Gasteiger charge is 2.18. The first-order valence-electron chi connectivity index (χ1n) is 9.27. The summed E-state index contributed by atoms with van der Waals surface area (Å²) in [4.78, 5) is 28.4. The van der Waals surface area contributed by atoms with Crippen LogP contribution in [0.15, 0.2) is 46.9 Å². The van der Waals surface area contributed by atoms with Crippen molar-refractivity contribution in [1.82, 2.24) is 19.5 Å². The zero-order valence-electron chi connectivity index (χ0n) is 17.3. The van der Waals surface area contributed by atoms with Crippen LogP contribution in [0.4, 0.5) is 5.69 Å². The molecule has 1 aromatic carbocycles. The molecule has 11 nitrogen and oxygen atoms in total. The van der Waals surface area contributed by atoms with Crippen LogP contribution < -0.4 is 14.8 Å². The van der Waals surface area contributed by atoms with Crippen LogP contribution in [-0.2, 0) is 44.4 Å². The number of thiazole rings is 1. The second-order valence-corrected chi connectivity index (χ2v) is 9.20. The van der Waals surface area contributed by atoms with Gasteiger partial charge in [0.1, 0.15) is 28.8 Å². The number of amides is 1. The number of benzene rings is 1. The van der Waals surface area contributed by atoms with Gasteiger partial charge in [-0.05, 0) is 12.1 Å². The third-order valence-corrected chi connectivity index (χ3v) is 6.32. The summed E-state index contributed by atoms with van der Waals surface area (Å²) in [6.45, 7) is -0.673. The fraction of sp³-hybridized carbons (Fsp3) is 0.263. The number of aromatic nitrogens is 3. The topological polar surface area (TPSA) is 142 Å². The summed E-state index contributed by atoms with van der Waals surface area (Å²) < 4.78 is 37.9. The number of carbonyl (C=O) groups excluding carboxylic acids is 2. The molecule has 1 amide bonds. The molecule has 0 aliphatic carbocycles. The molecule has 170 valence electrons. The Morgan fingerprint density at radius 2 is 2.03 bits per heavy atom. The predicted octanol–water partition coefficient (Wildman–Crippen LogP) is 1.09. The maximum absolute atomic E-state index is 12.3. The van der Waals surface area contributed by atoms with Crippen molar-refractivity contribution in [1.29, 1.82) is 0 Å². The number of aryl methyl sites for hydroxylation is 1. The van der Waals surface area contributed by atoms with E-state index in [1.165, 1.54) is 35.5 Å². The summed E-state index contributed by atoms with van der Waals surface area (Å²) >= 11 is 1.25. The van der Waals surface area contributed by atoms with Gasteiger partial charge in [0.15, 0.2) is 0 Å². The zero-order valence-corrected chi connectivity index (χ0v) is 18.9. The van der Waals surface area contributed by atoms with E-state index < -0.39 is 22.5 Å². The van der Waals surface area contributed by atoms with Gasteiger partial charge in [0.05, 0.1) is 31.1 Å². The molecule has 13 heteroatoms. The van der Waals surface area contributed by atoms with Crippen molar-refractivity contribution in [2.45, 2.75) is 17.9 Å². The van der Waals surface area contributed by atoms with Gasteiger partial charge in [0, 0.05) is 18.6 Å². The van der Waals surface area contributed by atoms with Crippen molar-refractivity contribution in [2.75, 3.05) is 19.0 Å². The molecule has 0 saturated heterocycles. The molecule has 0 unspecified atom stereocenters. The molecule has 32 heavy (non-hydrogen) atoms. The molecule has 0 radical (unpaired) electrons. The van der Waals surface area contributed by atoms with Gasteiger partial charge in [-0.2, -0.15) is 9.82 Å². The second kappa shape index (κ2) is 10.3. The molecular weight excluding hydrogens is 458 g/mol. The number of sulfonamides is 1. The third kappa shape index (κ3) is 6.35. The van der Waals surface area contributed by atoms with Crippen molar-refractivity contribution >= 4 is 38.9 Å². The molecule has 0 aliphatic heterocycles. The Balaban J connectivity index is 1.45. The van der Waals surface area contributed by atoms with Gasteiger partial charge in [-0.3, -0.25) is 14.3 Å². The molecule has 0 atom stereocenters. The Labute approximate surface area is 188 Å². The number of hydrogen-bond donors (Lipinski definition) is 2. The van der Waals surface area contributed by atoms with E-state index in [4.69, 9.17) is 9.47 Å². The average molecular weight is 480 g/mol. The van der Waals surface area contributed by atoms with Gasteiger partial charge in [-0.25, -0.2) is 13.4 Å². The number of rotatable bonds is 10. The minimum absolute atomic E-state index is 0.0432. The number of carbonyl (C=O) groups is 2. The first-order chi connectivity index (χ1) is 15.3.